The number of rotatable bonds is 10. The minimum absolute atomic E-state index is 0.170. The largest absolute Gasteiger partial charge is 0.383 e. The van der Waals surface area contributed by atoms with Crippen LogP contribution < -0.4 is 15.4 Å². The monoisotopic (exact) mass is 448 g/mol. The Morgan fingerprint density at radius 2 is 1.84 bits per heavy atom. The maximum Gasteiger partial charge on any atom is 0.240 e. The first-order valence-corrected chi connectivity index (χ1v) is 11.7. The standard InChI is InChI=1S/C22H29FN4O3S/c1-24-21(26-16-22(11-12-22)19-5-3-4-6-20(19)23)25-15-17-7-9-18(10-8-17)31(28,29)27-13-14-30-2/h3-10,27H,11-16H2,1-2H3,(H2,24,25,26). The quantitative estimate of drug-likeness (QED) is 0.294. The Labute approximate surface area is 183 Å². The van der Waals surface area contributed by atoms with Crippen LogP contribution in [0.2, 0.25) is 0 Å². The van der Waals surface area contributed by atoms with E-state index in [9.17, 15) is 12.8 Å². The van der Waals surface area contributed by atoms with Gasteiger partial charge in [0.15, 0.2) is 5.96 Å². The van der Waals surface area contributed by atoms with E-state index in [-0.39, 0.29) is 22.7 Å². The highest BCUT2D eigenvalue weighted by molar-refractivity contribution is 7.89. The summed E-state index contributed by atoms with van der Waals surface area (Å²) in [6, 6.07) is 13.6. The second kappa shape index (κ2) is 10.2. The molecule has 2 aromatic rings. The van der Waals surface area contributed by atoms with Gasteiger partial charge in [0, 0.05) is 39.2 Å². The van der Waals surface area contributed by atoms with Crippen LogP contribution in [0.3, 0.4) is 0 Å². The number of ether oxygens (including phenoxy) is 1. The molecule has 0 saturated heterocycles. The third kappa shape index (κ3) is 6.03. The van der Waals surface area contributed by atoms with Crippen molar-refractivity contribution in [3.8, 4) is 0 Å². The Hall–Kier alpha value is -2.49. The lowest BCUT2D eigenvalue weighted by atomic mass is 9.95. The number of halogens is 1. The summed E-state index contributed by atoms with van der Waals surface area (Å²) in [4.78, 5) is 4.44. The highest BCUT2D eigenvalue weighted by atomic mass is 32.2. The average Bonchev–Trinajstić information content (AvgIpc) is 3.55. The number of methoxy groups -OCH3 is 1. The van der Waals surface area contributed by atoms with Gasteiger partial charge in [-0.1, -0.05) is 30.3 Å². The zero-order valence-electron chi connectivity index (χ0n) is 17.8. The average molecular weight is 449 g/mol. The predicted molar refractivity (Wildman–Crippen MR) is 119 cm³/mol. The first-order chi connectivity index (χ1) is 14.9. The van der Waals surface area contributed by atoms with Crippen LogP contribution in [0, 0.1) is 5.82 Å². The second-order valence-electron chi connectivity index (χ2n) is 7.57. The summed E-state index contributed by atoms with van der Waals surface area (Å²) < 4.78 is 46.0. The van der Waals surface area contributed by atoms with Crippen LogP contribution in [-0.4, -0.2) is 48.2 Å². The number of nitrogens with one attached hydrogen (secondary N) is 3. The molecule has 7 nitrogen and oxygen atoms in total. The van der Waals surface area contributed by atoms with Gasteiger partial charge in [-0.25, -0.2) is 17.5 Å². The number of sulfonamides is 1. The molecule has 0 heterocycles. The van der Waals surface area contributed by atoms with E-state index in [0.717, 1.165) is 24.0 Å². The molecule has 2 aromatic carbocycles. The minimum atomic E-state index is -3.55. The zero-order valence-corrected chi connectivity index (χ0v) is 18.6. The molecule has 31 heavy (non-hydrogen) atoms. The van der Waals surface area contributed by atoms with Crippen LogP contribution in [0.5, 0.6) is 0 Å². The van der Waals surface area contributed by atoms with Gasteiger partial charge in [-0.2, -0.15) is 0 Å². The number of aliphatic imine (C=N–C) groups is 1. The van der Waals surface area contributed by atoms with Gasteiger partial charge < -0.3 is 15.4 Å². The molecule has 0 atom stereocenters. The Morgan fingerprint density at radius 1 is 1.13 bits per heavy atom. The van der Waals surface area contributed by atoms with Gasteiger partial charge in [-0.15, -0.1) is 0 Å². The van der Waals surface area contributed by atoms with Crippen molar-refractivity contribution in [3.63, 3.8) is 0 Å². The predicted octanol–water partition coefficient (Wildman–Crippen LogP) is 2.15. The Morgan fingerprint density at radius 3 is 2.45 bits per heavy atom. The zero-order chi connectivity index (χ0) is 22.3. The topological polar surface area (TPSA) is 91.8 Å². The van der Waals surface area contributed by atoms with Gasteiger partial charge in [0.25, 0.3) is 0 Å². The normalized spacial score (nSPS) is 15.5. The number of benzene rings is 2. The van der Waals surface area contributed by atoms with Crippen LogP contribution in [-0.2, 0) is 26.7 Å². The van der Waals surface area contributed by atoms with Crippen molar-refractivity contribution in [2.45, 2.75) is 29.7 Å². The maximum atomic E-state index is 14.2. The van der Waals surface area contributed by atoms with Gasteiger partial charge in [0.05, 0.1) is 11.5 Å². The van der Waals surface area contributed by atoms with E-state index >= 15 is 0 Å². The van der Waals surface area contributed by atoms with Gasteiger partial charge in [-0.05, 0) is 42.2 Å². The SMILES string of the molecule is CN=C(NCc1ccc(S(=O)(=O)NCCOC)cc1)NCC1(c2ccccc2F)CC1. The number of hydrogen-bond donors (Lipinski definition) is 3. The Balaban J connectivity index is 1.53. The van der Waals surface area contributed by atoms with Crippen molar-refractivity contribution in [3.05, 3.63) is 65.5 Å². The summed E-state index contributed by atoms with van der Waals surface area (Å²) in [6.07, 6.45) is 1.87. The molecular formula is C22H29FN4O3S. The van der Waals surface area contributed by atoms with Crippen LogP contribution in [0.1, 0.15) is 24.0 Å². The lowest BCUT2D eigenvalue weighted by Gasteiger charge is -2.19. The van der Waals surface area contributed by atoms with Gasteiger partial charge in [0.2, 0.25) is 10.0 Å². The second-order valence-corrected chi connectivity index (χ2v) is 9.34. The fourth-order valence-electron chi connectivity index (χ4n) is 3.39. The maximum absolute atomic E-state index is 14.2. The molecule has 0 amide bonds. The fourth-order valence-corrected chi connectivity index (χ4v) is 4.40. The molecule has 1 aliphatic rings. The molecular weight excluding hydrogens is 419 g/mol. The molecule has 1 fully saturated rings. The van der Waals surface area contributed by atoms with E-state index in [4.69, 9.17) is 4.74 Å². The smallest absolute Gasteiger partial charge is 0.240 e. The number of hydrogen-bond acceptors (Lipinski definition) is 4. The van der Waals surface area contributed by atoms with Crippen LogP contribution >= 0.6 is 0 Å². The van der Waals surface area contributed by atoms with Gasteiger partial charge in [-0.3, -0.25) is 4.99 Å². The Bertz CT molecular complexity index is 1010. The molecule has 3 N–H and O–H groups in total. The van der Waals surface area contributed by atoms with E-state index in [1.54, 1.807) is 37.4 Å². The first kappa shape index (κ1) is 23.2. The molecule has 3 rings (SSSR count). The van der Waals surface area contributed by atoms with Crippen molar-refractivity contribution < 1.29 is 17.5 Å². The molecule has 0 bridgehead atoms. The summed E-state index contributed by atoms with van der Waals surface area (Å²) in [5.74, 6) is 0.442. The summed E-state index contributed by atoms with van der Waals surface area (Å²) in [5.41, 5.74) is 1.47. The molecule has 0 spiro atoms. The van der Waals surface area contributed by atoms with E-state index in [1.807, 2.05) is 12.1 Å². The third-order valence-corrected chi connectivity index (χ3v) is 6.89. The summed E-state index contributed by atoms with van der Waals surface area (Å²) in [6.45, 7) is 1.60. The van der Waals surface area contributed by atoms with E-state index in [0.29, 0.717) is 25.7 Å². The summed E-state index contributed by atoms with van der Waals surface area (Å²) in [7, 11) is -0.353. The van der Waals surface area contributed by atoms with Crippen molar-refractivity contribution >= 4 is 16.0 Å². The van der Waals surface area contributed by atoms with Crippen molar-refractivity contribution in [2.24, 2.45) is 4.99 Å². The summed E-state index contributed by atoms with van der Waals surface area (Å²) in [5, 5.41) is 6.50. The highest BCUT2D eigenvalue weighted by Gasteiger charge is 2.45. The molecule has 0 aromatic heterocycles. The van der Waals surface area contributed by atoms with Gasteiger partial charge in [0.1, 0.15) is 5.82 Å². The van der Waals surface area contributed by atoms with E-state index in [2.05, 4.69) is 20.3 Å². The van der Waals surface area contributed by atoms with E-state index < -0.39 is 10.0 Å². The van der Waals surface area contributed by atoms with Gasteiger partial charge >= 0.3 is 0 Å². The van der Waals surface area contributed by atoms with E-state index in [1.165, 1.54) is 13.2 Å². The highest BCUT2D eigenvalue weighted by Crippen LogP contribution is 2.48. The molecule has 1 aliphatic carbocycles. The number of nitrogens with zero attached hydrogens (tertiary/aromatic N) is 1. The lowest BCUT2D eigenvalue weighted by Crippen LogP contribution is -2.41. The molecule has 0 unspecified atom stereocenters. The lowest BCUT2D eigenvalue weighted by molar-refractivity contribution is 0.204. The van der Waals surface area contributed by atoms with Crippen molar-refractivity contribution in [1.82, 2.24) is 15.4 Å². The van der Waals surface area contributed by atoms with Crippen LogP contribution in [0.4, 0.5) is 4.39 Å². The summed E-state index contributed by atoms with van der Waals surface area (Å²) >= 11 is 0. The van der Waals surface area contributed by atoms with Crippen LogP contribution in [0.15, 0.2) is 58.4 Å². The van der Waals surface area contributed by atoms with Crippen LogP contribution in [0.25, 0.3) is 0 Å². The molecule has 0 aliphatic heterocycles. The molecule has 1 saturated carbocycles. The number of guanidine groups is 1. The molecule has 9 heteroatoms. The minimum Gasteiger partial charge on any atom is -0.383 e. The molecule has 168 valence electrons. The first-order valence-electron chi connectivity index (χ1n) is 10.2. The third-order valence-electron chi connectivity index (χ3n) is 5.41. The van der Waals surface area contributed by atoms with Crippen molar-refractivity contribution in [2.75, 3.05) is 33.9 Å². The fraction of sp³-hybridized carbons (Fsp3) is 0.409. The Kier molecular flexibility index (Phi) is 7.64. The van der Waals surface area contributed by atoms with Crippen molar-refractivity contribution in [1.29, 1.82) is 0 Å². The molecule has 0 radical (unpaired) electrons.